The van der Waals surface area contributed by atoms with Gasteiger partial charge in [0.2, 0.25) is 0 Å². The number of para-hydroxylation sites is 1. The highest BCUT2D eigenvalue weighted by Crippen LogP contribution is 2.37. The van der Waals surface area contributed by atoms with Crippen LogP contribution in [0, 0.1) is 0 Å². The van der Waals surface area contributed by atoms with E-state index in [4.69, 9.17) is 23.8 Å². The fraction of sp³-hybridized carbons (Fsp3) is 0. The minimum atomic E-state index is -0.0873. The number of carbonyl (C=O) groups excluding carboxylic acids is 1. The highest BCUT2D eigenvalue weighted by atomic mass is 35.5. The fourth-order valence-electron chi connectivity index (χ4n) is 1.80. The van der Waals surface area contributed by atoms with Crippen molar-refractivity contribution in [2.75, 3.05) is 4.90 Å². The maximum atomic E-state index is 12.4. The van der Waals surface area contributed by atoms with Crippen LogP contribution in [0.15, 0.2) is 47.4 Å². The first-order valence-electron chi connectivity index (χ1n) is 5.73. The van der Waals surface area contributed by atoms with Gasteiger partial charge in [0.15, 0.2) is 4.32 Å². The van der Waals surface area contributed by atoms with Gasteiger partial charge in [-0.05, 0) is 30.3 Å². The molecule has 1 aromatic carbocycles. The smallest absolute Gasteiger partial charge is 0.268 e. The van der Waals surface area contributed by atoms with E-state index in [1.807, 2.05) is 48.5 Å². The van der Waals surface area contributed by atoms with E-state index in [9.17, 15) is 4.79 Å². The molecule has 0 radical (unpaired) electrons. The average molecular weight is 338 g/mol. The highest BCUT2D eigenvalue weighted by molar-refractivity contribution is 8.27. The highest BCUT2D eigenvalue weighted by Gasteiger charge is 2.33. The quantitative estimate of drug-likeness (QED) is 0.579. The Morgan fingerprint density at radius 2 is 1.90 bits per heavy atom. The number of nitrogens with zero attached hydrogens (tertiary/aromatic N) is 1. The zero-order valence-corrected chi connectivity index (χ0v) is 13.3. The van der Waals surface area contributed by atoms with Crippen LogP contribution in [0.1, 0.15) is 4.88 Å². The van der Waals surface area contributed by atoms with Crippen molar-refractivity contribution in [3.63, 3.8) is 0 Å². The number of thiocarbonyl (C=S) groups is 1. The third-order valence-corrected chi connectivity index (χ3v) is 5.16. The Kier molecular flexibility index (Phi) is 3.94. The van der Waals surface area contributed by atoms with Gasteiger partial charge in [-0.1, -0.05) is 53.8 Å². The number of thioether (sulfide) groups is 1. The summed E-state index contributed by atoms with van der Waals surface area (Å²) in [5.74, 6) is -0.0873. The predicted octanol–water partition coefficient (Wildman–Crippen LogP) is 4.81. The van der Waals surface area contributed by atoms with Crippen molar-refractivity contribution in [1.82, 2.24) is 0 Å². The van der Waals surface area contributed by atoms with Crippen molar-refractivity contribution < 1.29 is 4.79 Å². The molecule has 0 atom stereocenters. The Hall–Kier alpha value is -1.14. The lowest BCUT2D eigenvalue weighted by atomic mass is 10.3. The first kappa shape index (κ1) is 13.8. The van der Waals surface area contributed by atoms with Crippen LogP contribution in [0.2, 0.25) is 4.34 Å². The van der Waals surface area contributed by atoms with E-state index in [0.29, 0.717) is 13.6 Å². The molecule has 2 nitrogen and oxygen atoms in total. The monoisotopic (exact) mass is 337 g/mol. The van der Waals surface area contributed by atoms with E-state index in [1.165, 1.54) is 23.1 Å². The lowest BCUT2D eigenvalue weighted by Gasteiger charge is -2.13. The molecule has 1 aliphatic rings. The second kappa shape index (κ2) is 5.69. The summed E-state index contributed by atoms with van der Waals surface area (Å²) in [6.07, 6.45) is 1.83. The van der Waals surface area contributed by atoms with Crippen LogP contribution in [-0.4, -0.2) is 10.2 Å². The molecule has 2 aromatic rings. The number of rotatable bonds is 2. The number of anilines is 1. The van der Waals surface area contributed by atoms with Crippen molar-refractivity contribution in [3.05, 3.63) is 56.6 Å². The van der Waals surface area contributed by atoms with E-state index in [-0.39, 0.29) is 5.91 Å². The van der Waals surface area contributed by atoms with E-state index in [0.717, 1.165) is 10.6 Å². The van der Waals surface area contributed by atoms with E-state index < -0.39 is 0 Å². The standard InChI is InChI=1S/C14H8ClNOS3/c15-12-7-6-10(19-12)8-11-13(17)16(14(18)20-11)9-4-2-1-3-5-9/h1-8H/b11-8+. The van der Waals surface area contributed by atoms with Crippen molar-refractivity contribution in [2.45, 2.75) is 0 Å². The van der Waals surface area contributed by atoms with Gasteiger partial charge < -0.3 is 0 Å². The largest absolute Gasteiger partial charge is 0.270 e. The number of thiophene rings is 1. The molecule has 0 spiro atoms. The Morgan fingerprint density at radius 1 is 1.15 bits per heavy atom. The van der Waals surface area contributed by atoms with Gasteiger partial charge in [-0.3, -0.25) is 9.69 Å². The Balaban J connectivity index is 1.93. The van der Waals surface area contributed by atoms with Crippen LogP contribution in [-0.2, 0) is 4.79 Å². The normalized spacial score (nSPS) is 17.2. The second-order valence-electron chi connectivity index (χ2n) is 3.99. The lowest BCUT2D eigenvalue weighted by Crippen LogP contribution is -2.27. The SMILES string of the molecule is O=C1/C(=C\c2ccc(Cl)s2)SC(=S)N1c1ccccc1. The zero-order chi connectivity index (χ0) is 14.1. The number of halogens is 1. The predicted molar refractivity (Wildman–Crippen MR) is 91.4 cm³/mol. The van der Waals surface area contributed by atoms with Crippen molar-refractivity contribution >= 4 is 68.9 Å². The van der Waals surface area contributed by atoms with Gasteiger partial charge in [0, 0.05) is 4.88 Å². The molecule has 0 unspecified atom stereocenters. The molecule has 0 bridgehead atoms. The molecule has 100 valence electrons. The average Bonchev–Trinajstić information content (AvgIpc) is 2.96. The number of hydrogen-bond donors (Lipinski definition) is 0. The van der Waals surface area contributed by atoms with Crippen molar-refractivity contribution in [2.24, 2.45) is 0 Å². The van der Waals surface area contributed by atoms with Gasteiger partial charge in [0.05, 0.1) is 14.9 Å². The van der Waals surface area contributed by atoms with E-state index in [2.05, 4.69) is 0 Å². The summed E-state index contributed by atoms with van der Waals surface area (Å²) in [6.45, 7) is 0. The molecule has 6 heteroatoms. The molecule has 3 rings (SSSR count). The van der Waals surface area contributed by atoms with Crippen LogP contribution in [0.4, 0.5) is 5.69 Å². The molecule has 0 saturated carbocycles. The summed E-state index contributed by atoms with van der Waals surface area (Å²) in [6, 6.07) is 13.1. The summed E-state index contributed by atoms with van der Waals surface area (Å²) in [5, 5.41) is 0. The Morgan fingerprint density at radius 3 is 2.55 bits per heavy atom. The van der Waals surface area contributed by atoms with E-state index >= 15 is 0 Å². The molecule has 1 aliphatic heterocycles. The molecule has 20 heavy (non-hydrogen) atoms. The molecule has 0 N–H and O–H groups in total. The van der Waals surface area contributed by atoms with Gasteiger partial charge in [-0.25, -0.2) is 0 Å². The lowest BCUT2D eigenvalue weighted by molar-refractivity contribution is -0.113. The molecule has 1 fully saturated rings. The zero-order valence-electron chi connectivity index (χ0n) is 10.1. The first-order chi connectivity index (χ1) is 9.65. The number of hydrogen-bond acceptors (Lipinski definition) is 4. The van der Waals surface area contributed by atoms with Crippen LogP contribution >= 0.6 is 46.9 Å². The van der Waals surface area contributed by atoms with Crippen molar-refractivity contribution in [1.29, 1.82) is 0 Å². The minimum Gasteiger partial charge on any atom is -0.268 e. The summed E-state index contributed by atoms with van der Waals surface area (Å²) >= 11 is 13.9. The molecular weight excluding hydrogens is 330 g/mol. The summed E-state index contributed by atoms with van der Waals surface area (Å²) in [5.41, 5.74) is 0.794. The number of carbonyl (C=O) groups is 1. The van der Waals surface area contributed by atoms with Crippen molar-refractivity contribution in [3.8, 4) is 0 Å². The second-order valence-corrected chi connectivity index (χ2v) is 7.42. The van der Waals surface area contributed by atoms with Gasteiger partial charge in [0.1, 0.15) is 0 Å². The Bertz CT molecular complexity index is 708. The third kappa shape index (κ3) is 2.67. The van der Waals surface area contributed by atoms with Crippen LogP contribution in [0.5, 0.6) is 0 Å². The molecule has 1 amide bonds. The molecule has 1 saturated heterocycles. The minimum absolute atomic E-state index is 0.0873. The molecule has 2 heterocycles. The topological polar surface area (TPSA) is 20.3 Å². The maximum absolute atomic E-state index is 12.4. The summed E-state index contributed by atoms with van der Waals surface area (Å²) < 4.78 is 1.25. The maximum Gasteiger partial charge on any atom is 0.270 e. The molecular formula is C14H8ClNOS3. The van der Waals surface area contributed by atoms with E-state index in [1.54, 1.807) is 4.90 Å². The first-order valence-corrected chi connectivity index (χ1v) is 8.15. The number of amides is 1. The van der Waals surface area contributed by atoms with Crippen LogP contribution in [0.3, 0.4) is 0 Å². The van der Waals surface area contributed by atoms with Crippen LogP contribution < -0.4 is 4.90 Å². The third-order valence-electron chi connectivity index (χ3n) is 2.68. The molecule has 1 aromatic heterocycles. The fourth-order valence-corrected chi connectivity index (χ4v) is 4.17. The van der Waals surface area contributed by atoms with Gasteiger partial charge in [-0.2, -0.15) is 0 Å². The molecule has 0 aliphatic carbocycles. The Labute approximate surface area is 135 Å². The van der Waals surface area contributed by atoms with Gasteiger partial charge in [0.25, 0.3) is 5.91 Å². The van der Waals surface area contributed by atoms with Gasteiger partial charge >= 0.3 is 0 Å². The van der Waals surface area contributed by atoms with Crippen LogP contribution in [0.25, 0.3) is 6.08 Å². The summed E-state index contributed by atoms with van der Waals surface area (Å²) in [7, 11) is 0. The number of benzene rings is 1. The summed E-state index contributed by atoms with van der Waals surface area (Å²) in [4.78, 5) is 15.6. The van der Waals surface area contributed by atoms with Gasteiger partial charge in [-0.15, -0.1) is 11.3 Å².